The summed E-state index contributed by atoms with van der Waals surface area (Å²) in [6.07, 6.45) is 4.67. The first-order valence-electron chi connectivity index (χ1n) is 13.6. The highest BCUT2D eigenvalue weighted by Gasteiger charge is 2.27. The quantitative estimate of drug-likeness (QED) is 0.285. The number of hydrazone groups is 1. The third-order valence-corrected chi connectivity index (χ3v) is 8.82. The number of ether oxygens (including phenoxy) is 1. The minimum atomic E-state index is -4.02. The smallest absolute Gasteiger partial charge is 0.264 e. The van der Waals surface area contributed by atoms with Crippen molar-refractivity contribution in [1.29, 1.82) is 0 Å². The fourth-order valence-corrected chi connectivity index (χ4v) is 5.82. The van der Waals surface area contributed by atoms with Crippen molar-refractivity contribution in [3.63, 3.8) is 0 Å². The number of carbonyl (C=O) groups excluding carboxylic acids is 2. The molecule has 0 saturated carbocycles. The van der Waals surface area contributed by atoms with Crippen LogP contribution < -0.4 is 14.5 Å². The summed E-state index contributed by atoms with van der Waals surface area (Å²) in [7, 11) is -4.02. The molecular weight excluding hydrogens is 540 g/mol. The number of nitrogens with one attached hydrogen (secondary N) is 1. The largest absolute Gasteiger partial charge is 0.484 e. The zero-order valence-corrected chi connectivity index (χ0v) is 24.5. The summed E-state index contributed by atoms with van der Waals surface area (Å²) in [5, 5.41) is 4.00. The van der Waals surface area contributed by atoms with Crippen LogP contribution in [0.15, 0.2) is 76.7 Å². The molecule has 0 aromatic heterocycles. The second-order valence-electron chi connectivity index (χ2n) is 10.2. The van der Waals surface area contributed by atoms with E-state index in [1.54, 1.807) is 48.5 Å². The number of sulfonamides is 1. The fraction of sp³-hybridized carbons (Fsp3) is 0.323. The van der Waals surface area contributed by atoms with Gasteiger partial charge in [-0.2, -0.15) is 5.10 Å². The van der Waals surface area contributed by atoms with Crippen LogP contribution in [0.5, 0.6) is 5.75 Å². The summed E-state index contributed by atoms with van der Waals surface area (Å²) >= 11 is 0. The number of benzene rings is 3. The van der Waals surface area contributed by atoms with E-state index in [0.717, 1.165) is 53.3 Å². The molecule has 1 aliphatic heterocycles. The van der Waals surface area contributed by atoms with Gasteiger partial charge in [0.15, 0.2) is 6.61 Å². The van der Waals surface area contributed by atoms with Crippen molar-refractivity contribution in [3.8, 4) is 5.75 Å². The highest BCUT2D eigenvalue weighted by molar-refractivity contribution is 7.92. The lowest BCUT2D eigenvalue weighted by Crippen LogP contribution is -2.39. The Kier molecular flexibility index (Phi) is 9.78. The van der Waals surface area contributed by atoms with Gasteiger partial charge in [0.05, 0.1) is 16.8 Å². The first-order chi connectivity index (χ1) is 19.6. The zero-order chi connectivity index (χ0) is 29.4. The maximum atomic E-state index is 13.6. The molecule has 1 heterocycles. The standard InChI is InChI=1S/C31H36N4O5S/c1-23-7-15-29(16-8-23)41(38,39)35(27-12-9-24(2)25(3)19-27)21-30(36)33-32-20-26-10-13-28(14-11-26)40-22-31(37)34-17-5-4-6-18-34/h7-16,19-20H,4-6,17-18,21-22H2,1-3H3,(H,33,36)/b32-20-. The van der Waals surface area contributed by atoms with Crippen LogP contribution in [0.1, 0.15) is 41.5 Å². The van der Waals surface area contributed by atoms with E-state index in [1.807, 2.05) is 31.7 Å². The molecule has 1 N–H and O–H groups in total. The summed E-state index contributed by atoms with van der Waals surface area (Å²) in [5.41, 5.74) is 6.36. The molecule has 0 unspecified atom stereocenters. The molecule has 0 radical (unpaired) electrons. The van der Waals surface area contributed by atoms with Gasteiger partial charge in [-0.1, -0.05) is 23.8 Å². The van der Waals surface area contributed by atoms with Gasteiger partial charge in [0, 0.05) is 13.1 Å². The number of hydrogen-bond donors (Lipinski definition) is 1. The summed E-state index contributed by atoms with van der Waals surface area (Å²) < 4.78 is 33.8. The first-order valence-corrected chi connectivity index (χ1v) is 15.1. The van der Waals surface area contributed by atoms with E-state index >= 15 is 0 Å². The molecule has 1 aliphatic rings. The average Bonchev–Trinajstić information content (AvgIpc) is 2.97. The van der Waals surface area contributed by atoms with Crippen molar-refractivity contribution < 1.29 is 22.7 Å². The Morgan fingerprint density at radius 3 is 2.27 bits per heavy atom. The molecule has 0 atom stereocenters. The van der Waals surface area contributed by atoms with Crippen molar-refractivity contribution in [1.82, 2.24) is 10.3 Å². The van der Waals surface area contributed by atoms with E-state index in [1.165, 1.54) is 18.3 Å². The van der Waals surface area contributed by atoms with Crippen LogP contribution in [0.2, 0.25) is 0 Å². The van der Waals surface area contributed by atoms with Gasteiger partial charge < -0.3 is 9.64 Å². The van der Waals surface area contributed by atoms with Gasteiger partial charge in [-0.05, 0) is 105 Å². The summed E-state index contributed by atoms with van der Waals surface area (Å²) in [4.78, 5) is 27.1. The highest BCUT2D eigenvalue weighted by atomic mass is 32.2. The van der Waals surface area contributed by atoms with Gasteiger partial charge in [0.2, 0.25) is 0 Å². The number of hydrogen-bond acceptors (Lipinski definition) is 6. The molecule has 9 nitrogen and oxygen atoms in total. The third kappa shape index (κ3) is 7.94. The molecule has 1 saturated heterocycles. The van der Waals surface area contributed by atoms with E-state index in [9.17, 15) is 18.0 Å². The van der Waals surface area contributed by atoms with Crippen LogP contribution in [0.3, 0.4) is 0 Å². The first kappa shape index (κ1) is 29.8. The van der Waals surface area contributed by atoms with Crippen LogP contribution in [0.25, 0.3) is 0 Å². The van der Waals surface area contributed by atoms with E-state index in [2.05, 4.69) is 10.5 Å². The van der Waals surface area contributed by atoms with Crippen molar-refractivity contribution in [2.75, 3.05) is 30.5 Å². The minimum Gasteiger partial charge on any atom is -0.484 e. The predicted octanol–water partition coefficient (Wildman–Crippen LogP) is 4.35. The van der Waals surface area contributed by atoms with Crippen LogP contribution >= 0.6 is 0 Å². The molecule has 0 bridgehead atoms. The molecule has 0 aliphatic carbocycles. The number of amides is 2. The van der Waals surface area contributed by atoms with Crippen LogP contribution in [0.4, 0.5) is 5.69 Å². The molecule has 4 rings (SSSR count). The SMILES string of the molecule is Cc1ccc(S(=O)(=O)N(CC(=O)N/N=C\c2ccc(OCC(=O)N3CCCCC3)cc2)c2ccc(C)c(C)c2)cc1. The van der Waals surface area contributed by atoms with Gasteiger partial charge in [0.25, 0.3) is 21.8 Å². The minimum absolute atomic E-state index is 0.00794. The Morgan fingerprint density at radius 1 is 0.927 bits per heavy atom. The molecule has 41 heavy (non-hydrogen) atoms. The lowest BCUT2D eigenvalue weighted by molar-refractivity contribution is -0.134. The van der Waals surface area contributed by atoms with Gasteiger partial charge in [-0.25, -0.2) is 13.8 Å². The maximum Gasteiger partial charge on any atom is 0.264 e. The lowest BCUT2D eigenvalue weighted by Gasteiger charge is -2.26. The van der Waals surface area contributed by atoms with Crippen LogP contribution in [-0.2, 0) is 19.6 Å². The predicted molar refractivity (Wildman–Crippen MR) is 160 cm³/mol. The van der Waals surface area contributed by atoms with Crippen molar-refractivity contribution in [2.24, 2.45) is 5.10 Å². The fourth-order valence-electron chi connectivity index (χ4n) is 4.41. The van der Waals surface area contributed by atoms with Gasteiger partial charge in [-0.3, -0.25) is 13.9 Å². The molecule has 3 aromatic carbocycles. The van der Waals surface area contributed by atoms with E-state index in [-0.39, 0.29) is 17.4 Å². The van der Waals surface area contributed by atoms with E-state index in [4.69, 9.17) is 4.74 Å². The third-order valence-electron chi connectivity index (χ3n) is 7.03. The second kappa shape index (κ2) is 13.5. The number of nitrogens with zero attached hydrogens (tertiary/aromatic N) is 3. The van der Waals surface area contributed by atoms with Gasteiger partial charge in [-0.15, -0.1) is 0 Å². The Balaban J connectivity index is 1.38. The van der Waals surface area contributed by atoms with Gasteiger partial charge >= 0.3 is 0 Å². The summed E-state index contributed by atoms with van der Waals surface area (Å²) in [6, 6.07) is 18.7. The number of anilines is 1. The topological polar surface area (TPSA) is 108 Å². The molecule has 2 amide bonds. The molecule has 1 fully saturated rings. The Bertz CT molecular complexity index is 1500. The number of aryl methyl sites for hydroxylation is 3. The monoisotopic (exact) mass is 576 g/mol. The number of rotatable bonds is 10. The Morgan fingerprint density at radius 2 is 1.61 bits per heavy atom. The maximum absolute atomic E-state index is 13.6. The normalized spacial score (nSPS) is 13.7. The van der Waals surface area contributed by atoms with Crippen molar-refractivity contribution in [2.45, 2.75) is 44.9 Å². The molecule has 3 aromatic rings. The van der Waals surface area contributed by atoms with Crippen molar-refractivity contribution in [3.05, 3.63) is 89.0 Å². The average molecular weight is 577 g/mol. The molecule has 0 spiro atoms. The van der Waals surface area contributed by atoms with Crippen LogP contribution in [0, 0.1) is 20.8 Å². The number of likely N-dealkylation sites (tertiary alicyclic amines) is 1. The Hall–Kier alpha value is -4.18. The van der Waals surface area contributed by atoms with Crippen molar-refractivity contribution >= 4 is 33.7 Å². The summed E-state index contributed by atoms with van der Waals surface area (Å²) in [5.74, 6) is -0.0504. The molecule has 216 valence electrons. The van der Waals surface area contributed by atoms with Gasteiger partial charge in [0.1, 0.15) is 12.3 Å². The molecule has 10 heteroatoms. The molecular formula is C31H36N4O5S. The lowest BCUT2D eigenvalue weighted by atomic mass is 10.1. The van der Waals surface area contributed by atoms with E-state index in [0.29, 0.717) is 17.0 Å². The number of piperidine rings is 1. The zero-order valence-electron chi connectivity index (χ0n) is 23.7. The van der Waals surface area contributed by atoms with E-state index < -0.39 is 22.5 Å². The van der Waals surface area contributed by atoms with Crippen LogP contribution in [-0.4, -0.2) is 57.6 Å². The second-order valence-corrected chi connectivity index (χ2v) is 12.0. The highest BCUT2D eigenvalue weighted by Crippen LogP contribution is 2.26. The summed E-state index contributed by atoms with van der Waals surface area (Å²) in [6.45, 7) is 6.81. The Labute approximate surface area is 241 Å². The number of carbonyl (C=O) groups is 2.